The molecule has 0 heterocycles. The Balaban J connectivity index is 3.03. The number of nitrogens with one attached hydrogen (secondary N) is 1. The highest BCUT2D eigenvalue weighted by Crippen LogP contribution is 2.34. The van der Waals surface area contributed by atoms with Gasteiger partial charge in [0.15, 0.2) is 11.5 Å². The number of benzene rings is 1. The summed E-state index contributed by atoms with van der Waals surface area (Å²) >= 11 is 0. The molecule has 0 aliphatic heterocycles. The van der Waals surface area contributed by atoms with E-state index < -0.39 is 18.0 Å². The van der Waals surface area contributed by atoms with Crippen molar-refractivity contribution >= 4 is 0 Å². The minimum atomic E-state index is -1.09. The van der Waals surface area contributed by atoms with E-state index >= 15 is 0 Å². The lowest BCUT2D eigenvalue weighted by Gasteiger charge is -2.21. The molecule has 0 spiro atoms. The molecule has 120 valence electrons. The van der Waals surface area contributed by atoms with Gasteiger partial charge in [-0.05, 0) is 39.9 Å². The molecule has 0 aliphatic carbocycles. The number of rotatable bonds is 9. The highest BCUT2D eigenvalue weighted by molar-refractivity contribution is 5.44. The first-order chi connectivity index (χ1) is 10.0. The number of nitrogens with two attached hydrogens (primary N) is 1. The molecule has 4 N–H and O–H groups in total. The highest BCUT2D eigenvalue weighted by Gasteiger charge is 2.22. The van der Waals surface area contributed by atoms with Crippen LogP contribution in [0.4, 0.5) is 4.39 Å². The molecule has 0 bridgehead atoms. The summed E-state index contributed by atoms with van der Waals surface area (Å²) in [6.45, 7) is 5.11. The third-order valence-corrected chi connectivity index (χ3v) is 3.11. The van der Waals surface area contributed by atoms with Crippen molar-refractivity contribution in [3.63, 3.8) is 0 Å². The molecular weight excluding hydrogens is 275 g/mol. The lowest BCUT2D eigenvalue weighted by atomic mass is 9.99. The number of hydrogen-bond donors (Lipinski definition) is 3. The van der Waals surface area contributed by atoms with Gasteiger partial charge in [-0.1, -0.05) is 0 Å². The van der Waals surface area contributed by atoms with E-state index in [-0.39, 0.29) is 5.56 Å². The second-order valence-corrected chi connectivity index (χ2v) is 4.69. The zero-order valence-electron chi connectivity index (χ0n) is 12.9. The number of aliphatic hydroxyl groups excluding tert-OH is 1. The monoisotopic (exact) mass is 300 g/mol. The van der Waals surface area contributed by atoms with Crippen molar-refractivity contribution in [1.29, 1.82) is 0 Å². The lowest BCUT2D eigenvalue weighted by Crippen LogP contribution is -2.32. The average Bonchev–Trinajstić information content (AvgIpc) is 2.47. The first kappa shape index (κ1) is 17.7. The predicted octanol–water partition coefficient (Wildman–Crippen LogP) is 1.59. The van der Waals surface area contributed by atoms with Crippen molar-refractivity contribution in [1.82, 2.24) is 5.32 Å². The van der Waals surface area contributed by atoms with Crippen molar-refractivity contribution in [2.75, 3.05) is 26.8 Å². The standard InChI is InChI=1S/C15H25FN2O3/c1-4-20-13-8-10(11(16)9-14(13)21-5-2)15(19)12(17)6-7-18-3/h8-9,12,15,18-19H,4-7,17H2,1-3H3. The molecule has 2 unspecified atom stereocenters. The Bertz CT molecular complexity index is 443. The van der Waals surface area contributed by atoms with E-state index in [2.05, 4.69) is 5.32 Å². The largest absolute Gasteiger partial charge is 0.490 e. The van der Waals surface area contributed by atoms with Crippen LogP contribution in [0.3, 0.4) is 0 Å². The number of halogens is 1. The second-order valence-electron chi connectivity index (χ2n) is 4.69. The molecule has 2 atom stereocenters. The van der Waals surface area contributed by atoms with Gasteiger partial charge in [-0.25, -0.2) is 4.39 Å². The van der Waals surface area contributed by atoms with Gasteiger partial charge >= 0.3 is 0 Å². The zero-order valence-corrected chi connectivity index (χ0v) is 12.9. The van der Waals surface area contributed by atoms with Gasteiger partial charge in [0.2, 0.25) is 0 Å². The summed E-state index contributed by atoms with van der Waals surface area (Å²) in [5.41, 5.74) is 6.03. The van der Waals surface area contributed by atoms with Gasteiger partial charge in [0.25, 0.3) is 0 Å². The number of hydrogen-bond acceptors (Lipinski definition) is 5. The van der Waals surface area contributed by atoms with E-state index in [0.29, 0.717) is 37.7 Å². The van der Waals surface area contributed by atoms with E-state index in [1.165, 1.54) is 12.1 Å². The van der Waals surface area contributed by atoms with Crippen molar-refractivity contribution in [3.05, 3.63) is 23.5 Å². The first-order valence-corrected chi connectivity index (χ1v) is 7.22. The van der Waals surface area contributed by atoms with E-state index in [4.69, 9.17) is 15.2 Å². The smallest absolute Gasteiger partial charge is 0.164 e. The minimum Gasteiger partial charge on any atom is -0.490 e. The Kier molecular flexibility index (Phi) is 7.42. The molecule has 0 radical (unpaired) electrons. The molecule has 6 heteroatoms. The summed E-state index contributed by atoms with van der Waals surface area (Å²) in [6.07, 6.45) is -0.554. The molecule has 0 amide bonds. The van der Waals surface area contributed by atoms with E-state index in [1.54, 1.807) is 7.05 Å². The normalized spacial score (nSPS) is 13.8. The molecule has 1 aromatic carbocycles. The number of aliphatic hydroxyl groups is 1. The molecule has 0 fully saturated rings. The van der Waals surface area contributed by atoms with Crippen LogP contribution >= 0.6 is 0 Å². The maximum Gasteiger partial charge on any atom is 0.164 e. The van der Waals surface area contributed by atoms with Crippen LogP contribution < -0.4 is 20.5 Å². The van der Waals surface area contributed by atoms with Gasteiger partial charge < -0.3 is 25.6 Å². The van der Waals surface area contributed by atoms with Crippen LogP contribution in [0.5, 0.6) is 11.5 Å². The minimum absolute atomic E-state index is 0.130. The SMILES string of the molecule is CCOc1cc(F)c(C(O)C(N)CCNC)cc1OCC. The van der Waals surface area contributed by atoms with E-state index in [1.807, 2.05) is 13.8 Å². The van der Waals surface area contributed by atoms with Crippen LogP contribution in [0, 0.1) is 5.82 Å². The topological polar surface area (TPSA) is 76.7 Å². The third-order valence-electron chi connectivity index (χ3n) is 3.11. The Labute approximate surface area is 125 Å². The van der Waals surface area contributed by atoms with Crippen LogP contribution in [0.2, 0.25) is 0 Å². The average molecular weight is 300 g/mol. The Hall–Kier alpha value is -1.37. The maximum absolute atomic E-state index is 14.2. The molecule has 0 aliphatic rings. The number of ether oxygens (including phenoxy) is 2. The fourth-order valence-electron chi connectivity index (χ4n) is 2.01. The molecule has 0 saturated heterocycles. The summed E-state index contributed by atoms with van der Waals surface area (Å²) in [4.78, 5) is 0. The fourth-order valence-corrected chi connectivity index (χ4v) is 2.01. The van der Waals surface area contributed by atoms with Crippen LogP contribution in [0.1, 0.15) is 31.9 Å². The molecule has 1 rings (SSSR count). The molecule has 0 aromatic heterocycles. The van der Waals surface area contributed by atoms with Crippen molar-refractivity contribution in [2.45, 2.75) is 32.4 Å². The van der Waals surface area contributed by atoms with Crippen molar-refractivity contribution in [3.8, 4) is 11.5 Å². The highest BCUT2D eigenvalue weighted by atomic mass is 19.1. The van der Waals surface area contributed by atoms with Gasteiger partial charge in [-0.2, -0.15) is 0 Å². The summed E-state index contributed by atoms with van der Waals surface area (Å²) in [5.74, 6) is 0.196. The quantitative estimate of drug-likeness (QED) is 0.646. The maximum atomic E-state index is 14.2. The summed E-state index contributed by atoms with van der Waals surface area (Å²) in [6, 6.07) is 2.14. The van der Waals surface area contributed by atoms with Gasteiger partial charge in [0.05, 0.1) is 19.3 Å². The van der Waals surface area contributed by atoms with Gasteiger partial charge in [0.1, 0.15) is 5.82 Å². The molecule has 0 saturated carbocycles. The zero-order chi connectivity index (χ0) is 15.8. The Morgan fingerprint density at radius 3 is 2.33 bits per heavy atom. The lowest BCUT2D eigenvalue weighted by molar-refractivity contribution is 0.137. The summed E-state index contributed by atoms with van der Waals surface area (Å²) in [5, 5.41) is 13.2. The summed E-state index contributed by atoms with van der Waals surface area (Å²) in [7, 11) is 1.80. The van der Waals surface area contributed by atoms with Crippen molar-refractivity contribution < 1.29 is 19.0 Å². The van der Waals surface area contributed by atoms with Gasteiger partial charge in [-0.15, -0.1) is 0 Å². The molecule has 1 aromatic rings. The first-order valence-electron chi connectivity index (χ1n) is 7.22. The Morgan fingerprint density at radius 1 is 1.24 bits per heavy atom. The van der Waals surface area contributed by atoms with Crippen LogP contribution in [-0.4, -0.2) is 38.0 Å². The van der Waals surface area contributed by atoms with Crippen LogP contribution in [-0.2, 0) is 0 Å². The van der Waals surface area contributed by atoms with E-state index in [9.17, 15) is 9.50 Å². The molecule has 21 heavy (non-hydrogen) atoms. The third kappa shape index (κ3) is 4.84. The van der Waals surface area contributed by atoms with Gasteiger partial charge in [0, 0.05) is 17.7 Å². The molecular formula is C15H25FN2O3. The second kappa shape index (κ2) is 8.81. The van der Waals surface area contributed by atoms with Crippen LogP contribution in [0.15, 0.2) is 12.1 Å². The van der Waals surface area contributed by atoms with Gasteiger partial charge in [-0.3, -0.25) is 0 Å². The summed E-state index contributed by atoms with van der Waals surface area (Å²) < 4.78 is 24.9. The van der Waals surface area contributed by atoms with Crippen molar-refractivity contribution in [2.24, 2.45) is 5.73 Å². The van der Waals surface area contributed by atoms with E-state index in [0.717, 1.165) is 0 Å². The Morgan fingerprint density at radius 2 is 1.81 bits per heavy atom. The van der Waals surface area contributed by atoms with Crippen LogP contribution in [0.25, 0.3) is 0 Å². The predicted molar refractivity (Wildman–Crippen MR) is 80.2 cm³/mol. The molecule has 5 nitrogen and oxygen atoms in total. The fraction of sp³-hybridized carbons (Fsp3) is 0.600.